The molecule has 3 heteroatoms. The minimum Gasteiger partial charge on any atom is -0.383 e. The molecule has 0 spiro atoms. The van der Waals surface area contributed by atoms with Crippen LogP contribution in [0.1, 0.15) is 40.0 Å². The third-order valence-corrected chi connectivity index (χ3v) is 3.09. The van der Waals surface area contributed by atoms with Crippen molar-refractivity contribution in [3.05, 3.63) is 0 Å². The van der Waals surface area contributed by atoms with Crippen LogP contribution in [0.2, 0.25) is 0 Å². The first-order valence-electron chi connectivity index (χ1n) is 6.73. The molecule has 3 nitrogen and oxygen atoms in total. The summed E-state index contributed by atoms with van der Waals surface area (Å²) >= 11 is 0. The Hall–Kier alpha value is -0.120. The Labute approximate surface area is 102 Å². The number of ether oxygens (including phenoxy) is 1. The zero-order chi connectivity index (χ0) is 12.2. The van der Waals surface area contributed by atoms with E-state index < -0.39 is 0 Å². The van der Waals surface area contributed by atoms with E-state index in [2.05, 4.69) is 31.0 Å². The van der Waals surface area contributed by atoms with Gasteiger partial charge in [0.2, 0.25) is 0 Å². The molecule has 0 aliphatic heterocycles. The second-order valence-electron chi connectivity index (χ2n) is 4.21. The monoisotopic (exact) mass is 230 g/mol. The quantitative estimate of drug-likeness (QED) is 0.550. The summed E-state index contributed by atoms with van der Waals surface area (Å²) in [5.41, 5.74) is 0. The van der Waals surface area contributed by atoms with E-state index >= 15 is 0 Å². The molecule has 0 aromatic rings. The average Bonchev–Trinajstić information content (AvgIpc) is 2.31. The highest BCUT2D eigenvalue weighted by molar-refractivity contribution is 4.69. The summed E-state index contributed by atoms with van der Waals surface area (Å²) in [6.45, 7) is 12.0. The molecule has 0 bridgehead atoms. The highest BCUT2D eigenvalue weighted by atomic mass is 16.5. The summed E-state index contributed by atoms with van der Waals surface area (Å²) in [4.78, 5) is 2.57. The largest absolute Gasteiger partial charge is 0.383 e. The first-order valence-corrected chi connectivity index (χ1v) is 6.73. The minimum atomic E-state index is 0.719. The molecule has 0 amide bonds. The van der Waals surface area contributed by atoms with Crippen molar-refractivity contribution >= 4 is 0 Å². The summed E-state index contributed by atoms with van der Waals surface area (Å²) in [5.74, 6) is 0. The molecule has 0 radical (unpaired) electrons. The van der Waals surface area contributed by atoms with E-state index in [0.717, 1.165) is 32.3 Å². The van der Waals surface area contributed by atoms with Crippen molar-refractivity contribution in [2.24, 2.45) is 0 Å². The Morgan fingerprint density at radius 3 is 2.31 bits per heavy atom. The molecule has 0 atom stereocenters. The standard InChI is InChI=1S/C13H30N2O/c1-5-13(6-2)15(11-12-16-4)10-8-9-14-7-3/h13-14H,5-12H2,1-4H3. The molecule has 0 aliphatic rings. The molecule has 0 heterocycles. The van der Waals surface area contributed by atoms with E-state index in [0.29, 0.717) is 0 Å². The van der Waals surface area contributed by atoms with Crippen molar-refractivity contribution < 1.29 is 4.74 Å². The van der Waals surface area contributed by atoms with Crippen LogP contribution in [0.15, 0.2) is 0 Å². The van der Waals surface area contributed by atoms with Crippen LogP contribution in [0.25, 0.3) is 0 Å². The summed E-state index contributed by atoms with van der Waals surface area (Å²) < 4.78 is 5.18. The molecule has 0 fully saturated rings. The van der Waals surface area contributed by atoms with Crippen LogP contribution in [0.3, 0.4) is 0 Å². The summed E-state index contributed by atoms with van der Waals surface area (Å²) in [6, 6.07) is 0.719. The normalized spacial score (nSPS) is 11.6. The van der Waals surface area contributed by atoms with Gasteiger partial charge in [-0.05, 0) is 38.9 Å². The first-order chi connectivity index (χ1) is 7.79. The Kier molecular flexibility index (Phi) is 11.3. The van der Waals surface area contributed by atoms with Gasteiger partial charge in [-0.1, -0.05) is 20.8 Å². The van der Waals surface area contributed by atoms with Crippen molar-refractivity contribution in [1.82, 2.24) is 10.2 Å². The predicted molar refractivity (Wildman–Crippen MR) is 71.0 cm³/mol. The number of hydrogen-bond acceptors (Lipinski definition) is 3. The third-order valence-electron chi connectivity index (χ3n) is 3.09. The maximum atomic E-state index is 5.18. The lowest BCUT2D eigenvalue weighted by atomic mass is 10.1. The van der Waals surface area contributed by atoms with Gasteiger partial charge in [0.1, 0.15) is 0 Å². The van der Waals surface area contributed by atoms with Gasteiger partial charge in [0.05, 0.1) is 6.61 Å². The highest BCUT2D eigenvalue weighted by Gasteiger charge is 2.13. The van der Waals surface area contributed by atoms with E-state index in [4.69, 9.17) is 4.74 Å². The SMILES string of the molecule is CCNCCCN(CCOC)C(CC)CC. The molecule has 0 aromatic carbocycles. The molecule has 1 N–H and O–H groups in total. The van der Waals surface area contributed by atoms with E-state index in [-0.39, 0.29) is 0 Å². The second kappa shape index (κ2) is 11.4. The van der Waals surface area contributed by atoms with Crippen LogP contribution in [0, 0.1) is 0 Å². The van der Waals surface area contributed by atoms with E-state index in [9.17, 15) is 0 Å². The fourth-order valence-electron chi connectivity index (χ4n) is 2.07. The van der Waals surface area contributed by atoms with Gasteiger partial charge >= 0.3 is 0 Å². The third kappa shape index (κ3) is 7.20. The van der Waals surface area contributed by atoms with E-state index in [1.54, 1.807) is 7.11 Å². The van der Waals surface area contributed by atoms with Gasteiger partial charge < -0.3 is 10.1 Å². The van der Waals surface area contributed by atoms with Crippen LogP contribution in [-0.4, -0.2) is 50.8 Å². The van der Waals surface area contributed by atoms with Crippen LogP contribution >= 0.6 is 0 Å². The number of nitrogens with one attached hydrogen (secondary N) is 1. The van der Waals surface area contributed by atoms with Crippen LogP contribution in [0.4, 0.5) is 0 Å². The summed E-state index contributed by atoms with van der Waals surface area (Å²) in [6.07, 6.45) is 3.71. The lowest BCUT2D eigenvalue weighted by molar-refractivity contribution is 0.114. The van der Waals surface area contributed by atoms with Crippen molar-refractivity contribution in [1.29, 1.82) is 0 Å². The molecule has 0 saturated heterocycles. The molecule has 98 valence electrons. The lowest BCUT2D eigenvalue weighted by Crippen LogP contribution is -2.38. The van der Waals surface area contributed by atoms with Crippen molar-refractivity contribution in [2.45, 2.75) is 46.1 Å². The lowest BCUT2D eigenvalue weighted by Gasteiger charge is -2.30. The van der Waals surface area contributed by atoms with Gasteiger partial charge in [-0.2, -0.15) is 0 Å². The van der Waals surface area contributed by atoms with Crippen molar-refractivity contribution in [2.75, 3.05) is 39.9 Å². The van der Waals surface area contributed by atoms with Gasteiger partial charge in [-0.3, -0.25) is 4.90 Å². The topological polar surface area (TPSA) is 24.5 Å². The molecule has 0 rings (SSSR count). The number of methoxy groups -OCH3 is 1. The Morgan fingerprint density at radius 2 is 1.81 bits per heavy atom. The number of nitrogens with zero attached hydrogens (tertiary/aromatic N) is 1. The van der Waals surface area contributed by atoms with Gasteiger partial charge in [0.25, 0.3) is 0 Å². The summed E-state index contributed by atoms with van der Waals surface area (Å²) in [5, 5.41) is 3.38. The predicted octanol–water partition coefficient (Wildman–Crippen LogP) is 2.12. The molecular formula is C13H30N2O. The number of rotatable bonds is 11. The zero-order valence-electron chi connectivity index (χ0n) is 11.6. The van der Waals surface area contributed by atoms with Crippen LogP contribution < -0.4 is 5.32 Å². The fourth-order valence-corrected chi connectivity index (χ4v) is 2.07. The van der Waals surface area contributed by atoms with Crippen LogP contribution in [-0.2, 0) is 4.74 Å². The summed E-state index contributed by atoms with van der Waals surface area (Å²) in [7, 11) is 1.78. The van der Waals surface area contributed by atoms with Crippen molar-refractivity contribution in [3.63, 3.8) is 0 Å². The minimum absolute atomic E-state index is 0.719. The van der Waals surface area contributed by atoms with E-state index in [1.165, 1.54) is 25.8 Å². The molecular weight excluding hydrogens is 200 g/mol. The molecule has 0 aliphatic carbocycles. The molecule has 16 heavy (non-hydrogen) atoms. The maximum Gasteiger partial charge on any atom is 0.0589 e. The number of hydrogen-bond donors (Lipinski definition) is 1. The van der Waals surface area contributed by atoms with E-state index in [1.807, 2.05) is 0 Å². The van der Waals surface area contributed by atoms with Gasteiger partial charge in [0.15, 0.2) is 0 Å². The average molecular weight is 230 g/mol. The second-order valence-corrected chi connectivity index (χ2v) is 4.21. The zero-order valence-corrected chi connectivity index (χ0v) is 11.6. The molecule has 0 saturated carbocycles. The van der Waals surface area contributed by atoms with Crippen LogP contribution in [0.5, 0.6) is 0 Å². The Morgan fingerprint density at radius 1 is 1.12 bits per heavy atom. The Balaban J connectivity index is 3.88. The molecule has 0 unspecified atom stereocenters. The Bertz CT molecular complexity index is 138. The first kappa shape index (κ1) is 15.9. The fraction of sp³-hybridized carbons (Fsp3) is 1.00. The highest BCUT2D eigenvalue weighted by Crippen LogP contribution is 2.08. The van der Waals surface area contributed by atoms with Gasteiger partial charge in [0, 0.05) is 19.7 Å². The molecule has 0 aromatic heterocycles. The maximum absolute atomic E-state index is 5.18. The van der Waals surface area contributed by atoms with Crippen molar-refractivity contribution in [3.8, 4) is 0 Å². The smallest absolute Gasteiger partial charge is 0.0589 e. The van der Waals surface area contributed by atoms with Gasteiger partial charge in [-0.25, -0.2) is 0 Å². The van der Waals surface area contributed by atoms with Gasteiger partial charge in [-0.15, -0.1) is 0 Å².